The molecule has 3 aromatic rings. The number of unbranched alkanes of at least 4 members (excludes halogenated alkanes) is 3. The van der Waals surface area contributed by atoms with Crippen LogP contribution in [0.3, 0.4) is 0 Å². The van der Waals surface area contributed by atoms with Crippen LogP contribution in [0, 0.1) is 35.2 Å². The molecule has 0 spiro atoms. The molecule has 1 nitrogen and oxygen atoms in total. The average molecular weight is 589 g/mol. The van der Waals surface area contributed by atoms with Gasteiger partial charge < -0.3 is 4.74 Å². The van der Waals surface area contributed by atoms with Gasteiger partial charge in [0.05, 0.1) is 6.61 Å². The highest BCUT2D eigenvalue weighted by molar-refractivity contribution is 5.74. The van der Waals surface area contributed by atoms with Crippen LogP contribution >= 0.6 is 0 Å². The molecule has 1 unspecified atom stereocenters. The molecule has 5 rings (SSSR count). The van der Waals surface area contributed by atoms with Gasteiger partial charge in [-0.2, -0.15) is 4.39 Å². The lowest BCUT2D eigenvalue weighted by Crippen LogP contribution is -2.23. The third kappa shape index (κ3) is 7.75. The highest BCUT2D eigenvalue weighted by Crippen LogP contribution is 2.42. The van der Waals surface area contributed by atoms with E-state index in [9.17, 15) is 8.78 Å². The topological polar surface area (TPSA) is 9.23 Å². The Labute approximate surface area is 256 Å². The molecule has 2 aliphatic carbocycles. The molecule has 0 saturated heterocycles. The fourth-order valence-electron chi connectivity index (χ4n) is 7.15. The zero-order chi connectivity index (χ0) is 30.2. The predicted octanol–water partition coefficient (Wildman–Crippen LogP) is 12.2. The van der Waals surface area contributed by atoms with Gasteiger partial charge >= 0.3 is 0 Å². The van der Waals surface area contributed by atoms with Gasteiger partial charge in [0.15, 0.2) is 11.6 Å². The lowest BCUT2D eigenvalue weighted by Gasteiger charge is -2.35. The predicted molar refractivity (Wildman–Crippen MR) is 172 cm³/mol. The van der Waals surface area contributed by atoms with Crippen molar-refractivity contribution in [1.82, 2.24) is 0 Å². The Kier molecular flexibility index (Phi) is 11.1. The highest BCUT2D eigenvalue weighted by Gasteiger charge is 2.29. The van der Waals surface area contributed by atoms with Crippen LogP contribution in [-0.4, -0.2) is 6.61 Å². The lowest BCUT2D eigenvalue weighted by molar-refractivity contribution is 0.187. The second kappa shape index (κ2) is 15.1. The van der Waals surface area contributed by atoms with E-state index in [0.717, 1.165) is 49.0 Å². The van der Waals surface area contributed by atoms with E-state index >= 15 is 4.39 Å². The molecule has 230 valence electrons. The number of hydrogen-bond donors (Lipinski definition) is 0. The molecule has 0 amide bonds. The first-order chi connectivity index (χ1) is 21.0. The smallest absolute Gasteiger partial charge is 0.201 e. The van der Waals surface area contributed by atoms with E-state index in [2.05, 4.69) is 13.0 Å². The minimum absolute atomic E-state index is 0.0719. The second-order valence-corrected chi connectivity index (χ2v) is 12.8. The minimum atomic E-state index is -0.979. The van der Waals surface area contributed by atoms with Crippen molar-refractivity contribution in [2.45, 2.75) is 97.3 Å². The fourth-order valence-corrected chi connectivity index (χ4v) is 7.15. The molecule has 0 aliphatic heterocycles. The maximum absolute atomic E-state index is 15.4. The van der Waals surface area contributed by atoms with E-state index in [0.29, 0.717) is 23.3 Å². The lowest BCUT2D eigenvalue weighted by atomic mass is 9.70. The molecular formula is C39H47F3O. The third-order valence-electron chi connectivity index (χ3n) is 9.87. The van der Waals surface area contributed by atoms with Crippen LogP contribution in [0.2, 0.25) is 0 Å². The zero-order valence-corrected chi connectivity index (χ0v) is 25.9. The van der Waals surface area contributed by atoms with E-state index in [4.69, 9.17) is 4.74 Å². The molecule has 0 heterocycles. The summed E-state index contributed by atoms with van der Waals surface area (Å²) in [5.74, 6) is 0.317. The summed E-state index contributed by atoms with van der Waals surface area (Å²) in [4.78, 5) is 0. The summed E-state index contributed by atoms with van der Waals surface area (Å²) in [7, 11) is 0. The van der Waals surface area contributed by atoms with E-state index in [1.54, 1.807) is 30.3 Å². The van der Waals surface area contributed by atoms with E-state index < -0.39 is 11.6 Å². The third-order valence-corrected chi connectivity index (χ3v) is 9.87. The number of hydrogen-bond acceptors (Lipinski definition) is 1. The largest absolute Gasteiger partial charge is 0.490 e. The molecule has 0 radical (unpaired) electrons. The number of ether oxygens (including phenoxy) is 1. The molecule has 0 N–H and O–H groups in total. The quantitative estimate of drug-likeness (QED) is 0.191. The molecule has 3 aromatic carbocycles. The van der Waals surface area contributed by atoms with Crippen molar-refractivity contribution in [2.24, 2.45) is 17.8 Å². The summed E-state index contributed by atoms with van der Waals surface area (Å²) in [5, 5.41) is 0. The van der Waals surface area contributed by atoms with Crippen LogP contribution < -0.4 is 4.74 Å². The van der Waals surface area contributed by atoms with Gasteiger partial charge in [-0.25, -0.2) is 8.78 Å². The maximum atomic E-state index is 15.4. The molecule has 1 fully saturated rings. The summed E-state index contributed by atoms with van der Waals surface area (Å²) < 4.78 is 50.2. The Hall–Kier alpha value is -3.01. The summed E-state index contributed by atoms with van der Waals surface area (Å²) in [6, 6.07) is 15.5. The van der Waals surface area contributed by atoms with Crippen molar-refractivity contribution in [3.63, 3.8) is 0 Å². The van der Waals surface area contributed by atoms with E-state index in [1.807, 2.05) is 19.1 Å². The van der Waals surface area contributed by atoms with Gasteiger partial charge in [-0.3, -0.25) is 0 Å². The first-order valence-electron chi connectivity index (χ1n) is 16.7. The van der Waals surface area contributed by atoms with Crippen molar-refractivity contribution >= 4 is 5.57 Å². The number of benzene rings is 3. The van der Waals surface area contributed by atoms with Crippen molar-refractivity contribution in [1.29, 1.82) is 0 Å². The van der Waals surface area contributed by atoms with Crippen molar-refractivity contribution in [2.75, 3.05) is 6.61 Å². The second-order valence-electron chi connectivity index (χ2n) is 12.8. The standard InChI is InChI=1S/C39H47F3O/c1-3-5-7-8-27-9-11-28(12-10-27)29-13-15-30(16-14-29)33-21-22-34(36(40)26-33)31-17-19-32(20-18-31)35-23-24-37(39(42)38(35)41)43-25-6-4-2/h15,17-24,26-29H,3-14,16,25H2,1-2H3. The fraction of sp³-hybridized carbons (Fsp3) is 0.487. The van der Waals surface area contributed by atoms with Gasteiger partial charge in [-0.1, -0.05) is 101 Å². The number of halogens is 3. The SMILES string of the molecule is CCCCCC1CCC(C2CC=C(c3ccc(-c4ccc(-c5ccc(OCCCC)c(F)c5F)cc4)c(F)c3)CC2)CC1. The van der Waals surface area contributed by atoms with Crippen LogP contribution in [0.1, 0.15) is 103 Å². The molecule has 2 aliphatic rings. The monoisotopic (exact) mass is 588 g/mol. The van der Waals surface area contributed by atoms with Crippen LogP contribution in [0.25, 0.3) is 27.8 Å². The van der Waals surface area contributed by atoms with Crippen LogP contribution in [0.4, 0.5) is 13.2 Å². The Balaban J connectivity index is 1.20. The van der Waals surface area contributed by atoms with Gasteiger partial charge in [-0.05, 0) is 96.7 Å². The first-order valence-corrected chi connectivity index (χ1v) is 16.7. The molecular weight excluding hydrogens is 541 g/mol. The van der Waals surface area contributed by atoms with Crippen LogP contribution in [0.5, 0.6) is 5.75 Å². The number of allylic oxidation sites excluding steroid dienone is 2. The van der Waals surface area contributed by atoms with Crippen molar-refractivity contribution in [3.8, 4) is 28.0 Å². The Morgan fingerprint density at radius 3 is 2.00 bits per heavy atom. The zero-order valence-electron chi connectivity index (χ0n) is 25.9. The molecule has 43 heavy (non-hydrogen) atoms. The summed E-state index contributed by atoms with van der Waals surface area (Å²) in [6.45, 7) is 4.64. The van der Waals surface area contributed by atoms with Gasteiger partial charge in [0.25, 0.3) is 0 Å². The van der Waals surface area contributed by atoms with Gasteiger partial charge in [0.2, 0.25) is 5.82 Å². The minimum Gasteiger partial charge on any atom is -0.490 e. The van der Waals surface area contributed by atoms with E-state index in [1.165, 1.54) is 75.5 Å². The molecule has 1 atom stereocenters. The normalized spacial score (nSPS) is 20.6. The Morgan fingerprint density at radius 1 is 0.674 bits per heavy atom. The highest BCUT2D eigenvalue weighted by atomic mass is 19.2. The average Bonchev–Trinajstić information content (AvgIpc) is 3.04. The number of rotatable bonds is 12. The summed E-state index contributed by atoms with van der Waals surface area (Å²) in [6.07, 6.45) is 18.4. The molecule has 0 bridgehead atoms. The Morgan fingerprint density at radius 2 is 1.35 bits per heavy atom. The maximum Gasteiger partial charge on any atom is 0.201 e. The van der Waals surface area contributed by atoms with E-state index in [-0.39, 0.29) is 17.1 Å². The van der Waals surface area contributed by atoms with Gasteiger partial charge in [0.1, 0.15) is 5.82 Å². The van der Waals surface area contributed by atoms with Crippen molar-refractivity contribution in [3.05, 3.63) is 83.7 Å². The summed E-state index contributed by atoms with van der Waals surface area (Å²) >= 11 is 0. The van der Waals surface area contributed by atoms with Gasteiger partial charge in [0, 0.05) is 11.1 Å². The van der Waals surface area contributed by atoms with Crippen molar-refractivity contribution < 1.29 is 17.9 Å². The Bertz CT molecular complexity index is 1370. The van der Waals surface area contributed by atoms with Gasteiger partial charge in [-0.15, -0.1) is 0 Å². The summed E-state index contributed by atoms with van der Waals surface area (Å²) in [5.41, 5.74) is 4.12. The molecule has 0 aromatic heterocycles. The van der Waals surface area contributed by atoms with Crippen LogP contribution in [0.15, 0.2) is 60.7 Å². The molecule has 4 heteroatoms. The first kappa shape index (κ1) is 31.4. The van der Waals surface area contributed by atoms with Crippen LogP contribution in [-0.2, 0) is 0 Å². The molecule has 1 saturated carbocycles.